The Hall–Kier alpha value is -2.86. The second-order valence-electron chi connectivity index (χ2n) is 6.46. The molecule has 4 N–H and O–H groups in total. The Labute approximate surface area is 144 Å². The van der Waals surface area contributed by atoms with Gasteiger partial charge in [-0.2, -0.15) is 0 Å². The predicted molar refractivity (Wildman–Crippen MR) is 97.3 cm³/mol. The second-order valence-corrected chi connectivity index (χ2v) is 6.46. The molecule has 1 fully saturated rings. The molecule has 0 radical (unpaired) electrons. The molecule has 1 aromatic heterocycles. The number of piperidine rings is 1. The summed E-state index contributed by atoms with van der Waals surface area (Å²) >= 11 is 0. The summed E-state index contributed by atoms with van der Waals surface area (Å²) in [6.07, 6.45) is 2.27. The summed E-state index contributed by atoms with van der Waals surface area (Å²) in [6, 6.07) is 13.1. The zero-order chi connectivity index (χ0) is 17.4. The van der Waals surface area contributed by atoms with Crippen LogP contribution in [-0.4, -0.2) is 28.8 Å². The van der Waals surface area contributed by atoms with Crippen LogP contribution in [0.2, 0.25) is 0 Å². The van der Waals surface area contributed by atoms with E-state index in [-0.39, 0.29) is 11.1 Å². The molecule has 0 atom stereocenters. The summed E-state index contributed by atoms with van der Waals surface area (Å²) in [6.45, 7) is 2.09. The average molecular weight is 336 g/mol. The van der Waals surface area contributed by atoms with Crippen LogP contribution < -0.4 is 16.6 Å². The minimum absolute atomic E-state index is 0.240. The molecule has 3 aromatic rings. The van der Waals surface area contributed by atoms with Crippen molar-refractivity contribution < 1.29 is 4.79 Å². The van der Waals surface area contributed by atoms with Crippen molar-refractivity contribution in [2.75, 3.05) is 13.1 Å². The first-order valence-electron chi connectivity index (χ1n) is 8.50. The molecular weight excluding hydrogens is 316 g/mol. The number of hydrogen-bond acceptors (Lipinski definition) is 3. The quantitative estimate of drug-likeness (QED) is 0.682. The van der Waals surface area contributed by atoms with Gasteiger partial charge < -0.3 is 11.1 Å². The Balaban J connectivity index is 1.75. The van der Waals surface area contributed by atoms with E-state index in [9.17, 15) is 9.59 Å². The van der Waals surface area contributed by atoms with Crippen molar-refractivity contribution in [2.45, 2.75) is 18.8 Å². The summed E-state index contributed by atoms with van der Waals surface area (Å²) in [5.74, 6) is -0.0358. The minimum Gasteiger partial charge on any atom is -0.366 e. The Kier molecular flexibility index (Phi) is 3.89. The van der Waals surface area contributed by atoms with Crippen molar-refractivity contribution in [3.63, 3.8) is 0 Å². The molecule has 0 spiro atoms. The normalized spacial score (nSPS) is 15.5. The molecule has 128 valence electrons. The van der Waals surface area contributed by atoms with Gasteiger partial charge in [0, 0.05) is 0 Å². The first kappa shape index (κ1) is 15.7. The largest absolute Gasteiger partial charge is 0.366 e. The zero-order valence-electron chi connectivity index (χ0n) is 13.8. The van der Waals surface area contributed by atoms with E-state index >= 15 is 0 Å². The van der Waals surface area contributed by atoms with Crippen molar-refractivity contribution >= 4 is 16.8 Å². The molecule has 0 saturated carbocycles. The highest BCUT2D eigenvalue weighted by Crippen LogP contribution is 2.26. The van der Waals surface area contributed by atoms with Crippen LogP contribution in [0.1, 0.15) is 34.7 Å². The number of fused-ring (bicyclic) bond motifs is 1. The van der Waals surface area contributed by atoms with Gasteiger partial charge in [0.25, 0.3) is 5.56 Å². The van der Waals surface area contributed by atoms with Gasteiger partial charge in [0.05, 0.1) is 22.2 Å². The number of carbonyl (C=O) groups is 1. The van der Waals surface area contributed by atoms with Gasteiger partial charge in [0.1, 0.15) is 0 Å². The number of benzene rings is 2. The maximum absolute atomic E-state index is 12.8. The number of primary amides is 1. The molecule has 2 aromatic carbocycles. The van der Waals surface area contributed by atoms with Gasteiger partial charge in [0.15, 0.2) is 0 Å². The number of aromatic nitrogens is 2. The molecule has 2 heterocycles. The van der Waals surface area contributed by atoms with E-state index < -0.39 is 5.91 Å². The first-order valence-corrected chi connectivity index (χ1v) is 8.50. The Morgan fingerprint density at radius 3 is 2.48 bits per heavy atom. The summed E-state index contributed by atoms with van der Waals surface area (Å²) in [7, 11) is 0. The monoisotopic (exact) mass is 336 g/mol. The van der Waals surface area contributed by atoms with Crippen LogP contribution in [0.3, 0.4) is 0 Å². The van der Waals surface area contributed by atoms with E-state index in [1.807, 2.05) is 12.1 Å². The average Bonchev–Trinajstić information content (AvgIpc) is 2.99. The molecule has 0 bridgehead atoms. The maximum atomic E-state index is 12.8. The third-order valence-electron chi connectivity index (χ3n) is 4.94. The summed E-state index contributed by atoms with van der Waals surface area (Å²) in [4.78, 5) is 24.3. The number of rotatable bonds is 3. The van der Waals surface area contributed by atoms with Crippen molar-refractivity contribution in [2.24, 2.45) is 5.73 Å². The number of carbonyl (C=O) groups excluding carboxylic acids is 1. The summed E-state index contributed by atoms with van der Waals surface area (Å²) in [5, 5.41) is 6.76. The lowest BCUT2D eigenvalue weighted by atomic mass is 9.90. The molecule has 25 heavy (non-hydrogen) atoms. The molecule has 1 aliphatic heterocycles. The van der Waals surface area contributed by atoms with E-state index in [1.165, 1.54) is 10.2 Å². The van der Waals surface area contributed by atoms with Crippen LogP contribution in [-0.2, 0) is 0 Å². The van der Waals surface area contributed by atoms with Gasteiger partial charge in [-0.25, -0.2) is 4.68 Å². The highest BCUT2D eigenvalue weighted by molar-refractivity contribution is 6.05. The molecular formula is C19H20N4O2. The van der Waals surface area contributed by atoms with Crippen LogP contribution in [0.25, 0.3) is 16.6 Å². The van der Waals surface area contributed by atoms with Crippen LogP contribution in [0.15, 0.2) is 47.3 Å². The van der Waals surface area contributed by atoms with Crippen LogP contribution in [0.5, 0.6) is 0 Å². The number of hydrogen-bond donors (Lipinski definition) is 3. The maximum Gasteiger partial charge on any atom is 0.279 e. The van der Waals surface area contributed by atoms with Crippen molar-refractivity contribution in [3.05, 3.63) is 63.9 Å². The van der Waals surface area contributed by atoms with E-state index in [0.717, 1.165) is 31.6 Å². The highest BCUT2D eigenvalue weighted by Gasteiger charge is 2.17. The number of aromatic amines is 1. The van der Waals surface area contributed by atoms with Gasteiger partial charge in [-0.05, 0) is 61.7 Å². The standard InChI is InChI=1S/C19H20N4O2/c20-18(24)15-2-1-3-16-17(15)19(25)23(22-16)14-6-4-12(5-7-14)13-8-10-21-11-9-13/h1-7,13,21-22H,8-11H2,(H2,20,24). The van der Waals surface area contributed by atoms with E-state index in [2.05, 4.69) is 22.5 Å². The van der Waals surface area contributed by atoms with Crippen LogP contribution >= 0.6 is 0 Å². The highest BCUT2D eigenvalue weighted by atomic mass is 16.1. The summed E-state index contributed by atoms with van der Waals surface area (Å²) < 4.78 is 1.46. The second kappa shape index (κ2) is 6.22. The number of H-pyrrole nitrogens is 1. The number of nitrogens with two attached hydrogens (primary N) is 1. The van der Waals surface area contributed by atoms with Gasteiger partial charge in [-0.15, -0.1) is 0 Å². The van der Waals surface area contributed by atoms with Crippen LogP contribution in [0.4, 0.5) is 0 Å². The van der Waals surface area contributed by atoms with Gasteiger partial charge in [-0.3, -0.25) is 14.7 Å². The Morgan fingerprint density at radius 1 is 1.08 bits per heavy atom. The fraction of sp³-hybridized carbons (Fsp3) is 0.263. The predicted octanol–water partition coefficient (Wildman–Crippen LogP) is 1.88. The van der Waals surface area contributed by atoms with E-state index in [1.54, 1.807) is 18.2 Å². The van der Waals surface area contributed by atoms with Crippen molar-refractivity contribution in [1.82, 2.24) is 15.1 Å². The lowest BCUT2D eigenvalue weighted by Crippen LogP contribution is -2.26. The Bertz CT molecular complexity index is 979. The number of nitrogens with one attached hydrogen (secondary N) is 2. The number of nitrogens with zero attached hydrogens (tertiary/aromatic N) is 1. The number of amides is 1. The van der Waals surface area contributed by atoms with Crippen LogP contribution in [0, 0.1) is 0 Å². The Morgan fingerprint density at radius 2 is 1.80 bits per heavy atom. The van der Waals surface area contributed by atoms with E-state index in [0.29, 0.717) is 16.8 Å². The lowest BCUT2D eigenvalue weighted by Gasteiger charge is -2.23. The van der Waals surface area contributed by atoms with Gasteiger partial charge >= 0.3 is 0 Å². The molecule has 1 saturated heterocycles. The van der Waals surface area contributed by atoms with Crippen molar-refractivity contribution in [3.8, 4) is 5.69 Å². The molecule has 6 heteroatoms. The van der Waals surface area contributed by atoms with Gasteiger partial charge in [0.2, 0.25) is 5.91 Å². The minimum atomic E-state index is -0.602. The molecule has 0 aliphatic carbocycles. The van der Waals surface area contributed by atoms with Gasteiger partial charge in [-0.1, -0.05) is 18.2 Å². The molecule has 0 unspecified atom stereocenters. The lowest BCUT2D eigenvalue weighted by molar-refractivity contribution is 0.100. The van der Waals surface area contributed by atoms with Crippen molar-refractivity contribution in [1.29, 1.82) is 0 Å². The zero-order valence-corrected chi connectivity index (χ0v) is 13.8. The van der Waals surface area contributed by atoms with E-state index in [4.69, 9.17) is 5.73 Å². The third-order valence-corrected chi connectivity index (χ3v) is 4.94. The molecule has 4 rings (SSSR count). The SMILES string of the molecule is NC(=O)c1cccc2[nH]n(-c3ccc(C4CCNCC4)cc3)c(=O)c12. The molecule has 6 nitrogen and oxygen atoms in total. The fourth-order valence-electron chi connectivity index (χ4n) is 3.60. The smallest absolute Gasteiger partial charge is 0.279 e. The molecule has 1 amide bonds. The topological polar surface area (TPSA) is 92.9 Å². The third kappa shape index (κ3) is 2.74. The molecule has 1 aliphatic rings. The fourth-order valence-corrected chi connectivity index (χ4v) is 3.60. The summed E-state index contributed by atoms with van der Waals surface area (Å²) in [5.41, 5.74) is 8.01. The first-order chi connectivity index (χ1) is 12.1.